The van der Waals surface area contributed by atoms with Gasteiger partial charge in [-0.25, -0.2) is 4.79 Å². The molecule has 0 fully saturated rings. The monoisotopic (exact) mass is 603 g/mol. The smallest absolute Gasteiger partial charge is 0.328 e. The van der Waals surface area contributed by atoms with Crippen LogP contribution in [0.4, 0.5) is 5.69 Å². The van der Waals surface area contributed by atoms with Gasteiger partial charge in [-0.3, -0.25) is 9.59 Å². The molecule has 4 rings (SSSR count). The minimum absolute atomic E-state index is 0.00922. The van der Waals surface area contributed by atoms with E-state index in [-0.39, 0.29) is 34.3 Å². The molecule has 0 aliphatic rings. The van der Waals surface area contributed by atoms with E-state index in [0.717, 1.165) is 0 Å². The van der Waals surface area contributed by atoms with Crippen molar-refractivity contribution in [2.24, 2.45) is 5.16 Å². The van der Waals surface area contributed by atoms with Gasteiger partial charge in [0.15, 0.2) is 11.5 Å². The molecule has 0 spiro atoms. The summed E-state index contributed by atoms with van der Waals surface area (Å²) in [5.41, 5.74) is 1.87. The standard InChI is InChI=1S/C32H27Cl2N3O5/c1-2-41-32(40)27(20-21-16-18-23(19-17-21)35-30(38)28-25(33)14-9-15-26(28)34)36-31(39)29(22-10-5-3-6-11-22)37-42-24-12-7-4-8-13-24/h3-19,27H,2,20H2,1H3,(H,35,38)(H,36,39)/t27-/m0/s1. The molecule has 0 unspecified atom stereocenters. The normalized spacial score (nSPS) is 11.7. The lowest BCUT2D eigenvalue weighted by Crippen LogP contribution is -2.46. The number of esters is 1. The summed E-state index contributed by atoms with van der Waals surface area (Å²) < 4.78 is 5.23. The first-order chi connectivity index (χ1) is 20.4. The van der Waals surface area contributed by atoms with Gasteiger partial charge in [0, 0.05) is 17.7 Å². The van der Waals surface area contributed by atoms with Crippen LogP contribution in [0.15, 0.2) is 108 Å². The van der Waals surface area contributed by atoms with Crippen molar-refractivity contribution in [3.63, 3.8) is 0 Å². The topological polar surface area (TPSA) is 106 Å². The van der Waals surface area contributed by atoms with Gasteiger partial charge in [0.1, 0.15) is 6.04 Å². The van der Waals surface area contributed by atoms with Gasteiger partial charge in [0.2, 0.25) is 0 Å². The zero-order valence-electron chi connectivity index (χ0n) is 22.6. The van der Waals surface area contributed by atoms with Crippen LogP contribution in [-0.4, -0.2) is 36.1 Å². The number of halogens is 2. The third-order valence-electron chi connectivity index (χ3n) is 5.97. The number of benzene rings is 4. The fourth-order valence-electron chi connectivity index (χ4n) is 3.93. The molecule has 42 heavy (non-hydrogen) atoms. The van der Waals surface area contributed by atoms with Crippen molar-refractivity contribution in [3.05, 3.63) is 130 Å². The number of para-hydroxylation sites is 1. The van der Waals surface area contributed by atoms with E-state index >= 15 is 0 Å². The van der Waals surface area contributed by atoms with Gasteiger partial charge in [-0.05, 0) is 48.9 Å². The van der Waals surface area contributed by atoms with Crippen molar-refractivity contribution < 1.29 is 24.0 Å². The maximum Gasteiger partial charge on any atom is 0.328 e. The Morgan fingerprint density at radius 3 is 2.05 bits per heavy atom. The number of amides is 2. The Labute approximate surface area is 253 Å². The number of ether oxygens (including phenoxy) is 1. The van der Waals surface area contributed by atoms with E-state index in [0.29, 0.717) is 22.6 Å². The van der Waals surface area contributed by atoms with Crippen molar-refractivity contribution in [2.75, 3.05) is 11.9 Å². The summed E-state index contributed by atoms with van der Waals surface area (Å²) in [6.45, 7) is 1.82. The second kappa shape index (κ2) is 14.8. The number of nitrogens with zero attached hydrogens (tertiary/aromatic N) is 1. The Bertz CT molecular complexity index is 1540. The maximum atomic E-state index is 13.4. The Balaban J connectivity index is 1.50. The molecular weight excluding hydrogens is 577 g/mol. The van der Waals surface area contributed by atoms with Crippen LogP contribution in [0.5, 0.6) is 5.75 Å². The fraction of sp³-hybridized carbons (Fsp3) is 0.125. The predicted octanol–water partition coefficient (Wildman–Crippen LogP) is 6.32. The van der Waals surface area contributed by atoms with Gasteiger partial charge < -0.3 is 20.2 Å². The van der Waals surface area contributed by atoms with Gasteiger partial charge in [-0.15, -0.1) is 0 Å². The molecule has 0 radical (unpaired) electrons. The second-order valence-corrected chi connectivity index (χ2v) is 9.75. The second-order valence-electron chi connectivity index (χ2n) is 8.94. The van der Waals surface area contributed by atoms with Crippen molar-refractivity contribution in [2.45, 2.75) is 19.4 Å². The molecule has 0 aliphatic carbocycles. The molecule has 0 heterocycles. The first-order valence-electron chi connectivity index (χ1n) is 13.0. The Morgan fingerprint density at radius 1 is 0.810 bits per heavy atom. The summed E-state index contributed by atoms with van der Waals surface area (Å²) in [7, 11) is 0. The number of nitrogens with one attached hydrogen (secondary N) is 2. The third-order valence-corrected chi connectivity index (χ3v) is 6.60. The highest BCUT2D eigenvalue weighted by Crippen LogP contribution is 2.25. The van der Waals surface area contributed by atoms with Gasteiger partial charge in [-0.1, -0.05) is 95.1 Å². The lowest BCUT2D eigenvalue weighted by atomic mass is 10.0. The molecule has 214 valence electrons. The molecule has 8 nitrogen and oxygen atoms in total. The lowest BCUT2D eigenvalue weighted by Gasteiger charge is -2.18. The van der Waals surface area contributed by atoms with E-state index in [4.69, 9.17) is 32.8 Å². The molecule has 2 amide bonds. The molecule has 0 saturated carbocycles. The largest absolute Gasteiger partial charge is 0.464 e. The molecular formula is C32H27Cl2N3O5. The van der Waals surface area contributed by atoms with Gasteiger partial charge in [0.25, 0.3) is 11.8 Å². The molecule has 0 saturated heterocycles. The Hall–Kier alpha value is -4.66. The van der Waals surface area contributed by atoms with Crippen LogP contribution >= 0.6 is 23.2 Å². The van der Waals surface area contributed by atoms with E-state index in [1.807, 2.05) is 12.1 Å². The summed E-state index contributed by atoms with van der Waals surface area (Å²) in [6, 6.07) is 28.2. The van der Waals surface area contributed by atoms with Crippen LogP contribution < -0.4 is 15.5 Å². The number of carbonyl (C=O) groups excluding carboxylic acids is 3. The predicted molar refractivity (Wildman–Crippen MR) is 163 cm³/mol. The molecule has 10 heteroatoms. The van der Waals surface area contributed by atoms with Crippen molar-refractivity contribution in [1.82, 2.24) is 5.32 Å². The Morgan fingerprint density at radius 2 is 1.43 bits per heavy atom. The van der Waals surface area contributed by atoms with Crippen molar-refractivity contribution in [1.29, 1.82) is 0 Å². The number of carbonyl (C=O) groups is 3. The molecule has 0 aromatic heterocycles. The summed E-state index contributed by atoms with van der Waals surface area (Å²) in [5, 5.41) is 10.1. The zero-order chi connectivity index (χ0) is 29.9. The number of rotatable bonds is 11. The molecule has 2 N–H and O–H groups in total. The van der Waals surface area contributed by atoms with Gasteiger partial charge in [0.05, 0.1) is 22.2 Å². The zero-order valence-corrected chi connectivity index (χ0v) is 24.1. The third kappa shape index (κ3) is 8.19. The molecule has 4 aromatic rings. The Kier molecular flexibility index (Phi) is 10.7. The highest BCUT2D eigenvalue weighted by Gasteiger charge is 2.26. The first kappa shape index (κ1) is 30.3. The van der Waals surface area contributed by atoms with E-state index in [1.165, 1.54) is 0 Å². The SMILES string of the molecule is CCOC(=O)[C@H](Cc1ccc(NC(=O)c2c(Cl)cccc2Cl)cc1)NC(=O)C(=NOc1ccccc1)c1ccccc1. The van der Waals surface area contributed by atoms with Gasteiger partial charge >= 0.3 is 5.97 Å². The quantitative estimate of drug-likeness (QED) is 0.118. The highest BCUT2D eigenvalue weighted by molar-refractivity contribution is 6.45. The van der Waals surface area contributed by atoms with E-state index < -0.39 is 23.8 Å². The minimum Gasteiger partial charge on any atom is -0.464 e. The molecule has 0 bridgehead atoms. The lowest BCUT2D eigenvalue weighted by molar-refractivity contribution is -0.146. The minimum atomic E-state index is -1.02. The van der Waals surface area contributed by atoms with Crippen LogP contribution in [0.1, 0.15) is 28.4 Å². The number of anilines is 1. The first-order valence-corrected chi connectivity index (χ1v) is 13.8. The van der Waals surface area contributed by atoms with Crippen LogP contribution in [0.2, 0.25) is 10.0 Å². The molecule has 4 aromatic carbocycles. The number of hydrogen-bond acceptors (Lipinski definition) is 6. The summed E-state index contributed by atoms with van der Waals surface area (Å²) in [4.78, 5) is 44.5. The van der Waals surface area contributed by atoms with Crippen molar-refractivity contribution >= 4 is 52.4 Å². The average molecular weight is 604 g/mol. The summed E-state index contributed by atoms with van der Waals surface area (Å²) in [5.74, 6) is -1.23. The average Bonchev–Trinajstić information content (AvgIpc) is 2.99. The van der Waals surface area contributed by atoms with Crippen LogP contribution in [-0.2, 0) is 20.7 Å². The summed E-state index contributed by atoms with van der Waals surface area (Å²) >= 11 is 12.3. The van der Waals surface area contributed by atoms with E-state index in [1.54, 1.807) is 97.9 Å². The number of hydrogen-bond donors (Lipinski definition) is 2. The van der Waals surface area contributed by atoms with Crippen LogP contribution in [0.25, 0.3) is 0 Å². The van der Waals surface area contributed by atoms with Crippen LogP contribution in [0.3, 0.4) is 0 Å². The molecule has 1 atom stereocenters. The van der Waals surface area contributed by atoms with Gasteiger partial charge in [-0.2, -0.15) is 0 Å². The highest BCUT2D eigenvalue weighted by atomic mass is 35.5. The fourth-order valence-corrected chi connectivity index (χ4v) is 4.50. The van der Waals surface area contributed by atoms with E-state index in [2.05, 4.69) is 15.8 Å². The van der Waals surface area contributed by atoms with Crippen LogP contribution in [0, 0.1) is 0 Å². The van der Waals surface area contributed by atoms with E-state index in [9.17, 15) is 14.4 Å². The number of oxime groups is 1. The van der Waals surface area contributed by atoms with Crippen molar-refractivity contribution in [3.8, 4) is 5.75 Å². The maximum absolute atomic E-state index is 13.4. The molecule has 0 aliphatic heterocycles. The summed E-state index contributed by atoms with van der Waals surface area (Å²) in [6.07, 6.45) is 0.122.